The number of benzene rings is 2. The van der Waals surface area contributed by atoms with Crippen LogP contribution in [0, 0.1) is 12.8 Å². The number of aliphatic hydroxyl groups excluding tert-OH is 1. The minimum atomic E-state index is -0.845. The third-order valence-corrected chi connectivity index (χ3v) is 12.1. The van der Waals surface area contributed by atoms with E-state index < -0.39 is 18.1 Å². The van der Waals surface area contributed by atoms with Crippen LogP contribution in [0.1, 0.15) is 66.7 Å². The van der Waals surface area contributed by atoms with Gasteiger partial charge in [-0.25, -0.2) is 4.98 Å². The van der Waals surface area contributed by atoms with Gasteiger partial charge in [-0.2, -0.15) is 0 Å². The molecule has 15 nitrogen and oxygen atoms in total. The first-order valence-electron chi connectivity index (χ1n) is 19.4. The molecule has 4 atom stereocenters. The van der Waals surface area contributed by atoms with Gasteiger partial charge in [0.1, 0.15) is 23.4 Å². The molecular formula is C42H45N9O6S. The second kappa shape index (κ2) is 16.0. The summed E-state index contributed by atoms with van der Waals surface area (Å²) in [6.07, 6.45) is -0.707. The number of hydrogen-bond acceptors (Lipinski definition) is 12. The zero-order valence-electron chi connectivity index (χ0n) is 32.6. The Morgan fingerprint density at radius 2 is 1.74 bits per heavy atom. The average Bonchev–Trinajstić information content (AvgIpc) is 4.04. The summed E-state index contributed by atoms with van der Waals surface area (Å²) in [6, 6.07) is 19.0. The molecule has 2 aliphatic rings. The van der Waals surface area contributed by atoms with Crippen molar-refractivity contribution >= 4 is 45.9 Å². The highest BCUT2D eigenvalue weighted by molar-refractivity contribution is 7.13. The van der Waals surface area contributed by atoms with Crippen molar-refractivity contribution < 1.29 is 29.1 Å². The highest BCUT2D eigenvalue weighted by atomic mass is 32.1. The number of aromatic amines is 1. The molecule has 0 spiro atoms. The van der Waals surface area contributed by atoms with Crippen LogP contribution in [-0.4, -0.2) is 108 Å². The smallest absolute Gasteiger partial charge is 0.270 e. The summed E-state index contributed by atoms with van der Waals surface area (Å²) in [6.45, 7) is 9.57. The van der Waals surface area contributed by atoms with Gasteiger partial charge in [-0.1, -0.05) is 55.4 Å². The summed E-state index contributed by atoms with van der Waals surface area (Å²) in [5.74, 6) is -0.712. The molecule has 2 saturated heterocycles. The molecule has 3 amide bonds. The van der Waals surface area contributed by atoms with E-state index in [1.54, 1.807) is 58.7 Å². The number of aromatic nitrogens is 5. The first kappa shape index (κ1) is 38.7. The average molecular weight is 804 g/mol. The first-order valence-corrected chi connectivity index (χ1v) is 20.3. The number of aryl methyl sites for hydroxylation is 1. The number of β-amino-alcohol motifs (C(OH)–C–C–N with tert-alkyl or cyclic N) is 1. The van der Waals surface area contributed by atoms with E-state index in [4.69, 9.17) is 4.52 Å². The molecule has 0 aliphatic carbocycles. The lowest BCUT2D eigenvalue weighted by Gasteiger charge is -2.34. The lowest BCUT2D eigenvalue weighted by Crippen LogP contribution is -2.49. The number of nitrogens with zero attached hydrogens (tertiary/aromatic N) is 7. The van der Waals surface area contributed by atoms with E-state index >= 15 is 0 Å². The Kier molecular flexibility index (Phi) is 10.7. The summed E-state index contributed by atoms with van der Waals surface area (Å²) >= 11 is 1.58. The number of rotatable bonds is 10. The van der Waals surface area contributed by atoms with Crippen molar-refractivity contribution in [2.75, 3.05) is 37.6 Å². The Hall–Kier alpha value is -6.13. The molecule has 0 saturated carbocycles. The molecule has 6 aromatic rings. The van der Waals surface area contributed by atoms with E-state index in [1.165, 1.54) is 4.90 Å². The van der Waals surface area contributed by atoms with Gasteiger partial charge in [0.15, 0.2) is 17.2 Å². The van der Waals surface area contributed by atoms with Gasteiger partial charge < -0.3 is 39.7 Å². The van der Waals surface area contributed by atoms with Crippen LogP contribution in [0.4, 0.5) is 5.82 Å². The van der Waals surface area contributed by atoms with Crippen LogP contribution in [-0.2, 0) is 9.59 Å². The number of anilines is 1. The summed E-state index contributed by atoms with van der Waals surface area (Å²) in [7, 11) is 0. The zero-order valence-corrected chi connectivity index (χ0v) is 33.4. The highest BCUT2D eigenvalue weighted by Gasteiger charge is 2.43. The van der Waals surface area contributed by atoms with Crippen LogP contribution in [0.2, 0.25) is 0 Å². The number of nitrogens with one attached hydrogen (secondary N) is 2. The predicted octanol–water partition coefficient (Wildman–Crippen LogP) is 5.29. The number of likely N-dealkylation sites (tertiary alicyclic amines) is 1. The minimum absolute atomic E-state index is 0.0368. The number of fused-ring (bicyclic) bond motifs is 1. The van der Waals surface area contributed by atoms with E-state index in [0.717, 1.165) is 21.7 Å². The van der Waals surface area contributed by atoms with Crippen molar-refractivity contribution in [3.63, 3.8) is 0 Å². The number of hydrogen-bond donors (Lipinski definition) is 4. The number of thiazole rings is 1. The Balaban J connectivity index is 0.897. The molecule has 2 fully saturated rings. The summed E-state index contributed by atoms with van der Waals surface area (Å²) in [4.78, 5) is 55.3. The maximum absolute atomic E-state index is 14.3. The van der Waals surface area contributed by atoms with Gasteiger partial charge in [0, 0.05) is 56.2 Å². The summed E-state index contributed by atoms with van der Waals surface area (Å²) in [5, 5.41) is 37.5. The fraction of sp³-hybridized carbons (Fsp3) is 0.357. The fourth-order valence-corrected chi connectivity index (χ4v) is 8.68. The van der Waals surface area contributed by atoms with Crippen molar-refractivity contribution in [2.24, 2.45) is 5.92 Å². The lowest BCUT2D eigenvalue weighted by molar-refractivity contribution is -0.141. The van der Waals surface area contributed by atoms with Crippen molar-refractivity contribution in [3.8, 4) is 27.4 Å². The van der Waals surface area contributed by atoms with Gasteiger partial charge in [0.25, 0.3) is 5.91 Å². The third-order valence-electron chi connectivity index (χ3n) is 11.1. The highest BCUT2D eigenvalue weighted by Crippen LogP contribution is 2.34. The number of phenols is 1. The van der Waals surface area contributed by atoms with Gasteiger partial charge in [0.2, 0.25) is 11.8 Å². The molecule has 4 N–H and O–H groups in total. The van der Waals surface area contributed by atoms with Gasteiger partial charge in [-0.15, -0.1) is 21.5 Å². The second-order valence-corrected chi connectivity index (χ2v) is 16.2. The Morgan fingerprint density at radius 1 is 0.983 bits per heavy atom. The van der Waals surface area contributed by atoms with Crippen LogP contribution in [0.5, 0.6) is 5.75 Å². The third kappa shape index (κ3) is 7.64. The van der Waals surface area contributed by atoms with E-state index in [1.807, 2.05) is 62.4 Å². The van der Waals surface area contributed by atoms with Gasteiger partial charge in [-0.3, -0.25) is 14.4 Å². The van der Waals surface area contributed by atoms with Crippen molar-refractivity contribution in [2.45, 2.75) is 58.2 Å². The molecule has 58 heavy (non-hydrogen) atoms. The normalized spacial score (nSPS) is 18.2. The van der Waals surface area contributed by atoms with E-state index in [9.17, 15) is 24.6 Å². The maximum Gasteiger partial charge on any atom is 0.270 e. The quantitative estimate of drug-likeness (QED) is 0.141. The van der Waals surface area contributed by atoms with Crippen LogP contribution in [0.15, 0.2) is 76.8 Å². The van der Waals surface area contributed by atoms with Crippen molar-refractivity contribution in [1.29, 1.82) is 0 Å². The summed E-state index contributed by atoms with van der Waals surface area (Å²) < 4.78 is 5.82. The fourth-order valence-electron chi connectivity index (χ4n) is 7.87. The molecule has 0 radical (unpaired) electrons. The standard InChI is InChI=1S/C42H45N9O6S/c1-23(2)37(42(56)51-21-29(52)19-33(51)40(54)44-24(3)26-9-11-27(12-10-26)38-25(4)43-22-58-38)35-20-36(48-57-35)49-13-15-50(16-14-49)41(55)32-18-28-17-31(46-47-39(28)45-32)30-7-5-6-8-34(30)53/h5-12,17-18,20,22-24,29,33,37,52-53H,13-16,19,21H2,1-4H3,(H,44,54)(H,45,47)/t24-,29+,33-,37-/m0/s1. The number of phenolic OH excluding ortho intramolecular Hbond substituents is 1. The monoisotopic (exact) mass is 803 g/mol. The number of aliphatic hydroxyl groups is 1. The molecule has 300 valence electrons. The van der Waals surface area contributed by atoms with Gasteiger partial charge in [-0.05, 0) is 55.2 Å². The molecule has 2 aromatic carbocycles. The second-order valence-electron chi connectivity index (χ2n) is 15.3. The minimum Gasteiger partial charge on any atom is -0.507 e. The molecular weight excluding hydrogens is 759 g/mol. The van der Waals surface area contributed by atoms with Gasteiger partial charge in [0.05, 0.1) is 33.9 Å². The number of piperazine rings is 1. The van der Waals surface area contributed by atoms with Crippen molar-refractivity contribution in [1.82, 2.24) is 40.4 Å². The number of aromatic hydroxyl groups is 1. The van der Waals surface area contributed by atoms with Crippen LogP contribution < -0.4 is 10.2 Å². The first-order chi connectivity index (χ1) is 27.9. The Labute approximate surface area is 338 Å². The molecule has 6 heterocycles. The SMILES string of the molecule is Cc1ncsc1-c1ccc([C@H](C)NC(=O)[C@@H]2C[C@@H](O)CN2C(=O)[C@H](c2cc(N3CCN(C(=O)c4cc5cc(-c6ccccc6O)nnc5[nH]4)CC3)no2)C(C)C)cc1. The molecule has 16 heteroatoms. The maximum atomic E-state index is 14.3. The molecule has 4 aromatic heterocycles. The molecule has 0 unspecified atom stereocenters. The van der Waals surface area contributed by atoms with E-state index in [0.29, 0.717) is 65.7 Å². The van der Waals surface area contributed by atoms with E-state index in [-0.39, 0.29) is 48.4 Å². The Morgan fingerprint density at radius 3 is 2.45 bits per heavy atom. The number of para-hydroxylation sites is 1. The number of carbonyl (C=O) groups is 3. The van der Waals surface area contributed by atoms with Crippen LogP contribution in [0.25, 0.3) is 32.7 Å². The molecule has 8 rings (SSSR count). The number of carbonyl (C=O) groups excluding carboxylic acids is 3. The lowest BCUT2D eigenvalue weighted by atomic mass is 9.91. The zero-order chi connectivity index (χ0) is 40.7. The van der Waals surface area contributed by atoms with E-state index in [2.05, 4.69) is 30.6 Å². The predicted molar refractivity (Wildman–Crippen MR) is 218 cm³/mol. The largest absolute Gasteiger partial charge is 0.507 e. The van der Waals surface area contributed by atoms with Crippen LogP contribution in [0.3, 0.4) is 0 Å². The van der Waals surface area contributed by atoms with Crippen LogP contribution >= 0.6 is 11.3 Å². The summed E-state index contributed by atoms with van der Waals surface area (Å²) in [5.41, 5.74) is 6.68. The number of amides is 3. The number of H-pyrrole nitrogens is 1. The molecule has 0 bridgehead atoms. The Bertz CT molecular complexity index is 2450. The van der Waals surface area contributed by atoms with Crippen molar-refractivity contribution in [3.05, 3.63) is 95.0 Å². The topological polar surface area (TPSA) is 194 Å². The molecule has 2 aliphatic heterocycles. The van der Waals surface area contributed by atoms with Gasteiger partial charge >= 0.3 is 0 Å².